The molecule has 1 aromatic carbocycles. The maximum Gasteiger partial charge on any atom is 1.00 e. The van der Waals surface area contributed by atoms with Gasteiger partial charge in [0.15, 0.2) is 6.10 Å². The first-order valence-electron chi connectivity index (χ1n) is 3.17. The predicted molar refractivity (Wildman–Crippen MR) is 40.1 cm³/mol. The second kappa shape index (κ2) is 5.32. The van der Waals surface area contributed by atoms with Crippen molar-refractivity contribution >= 4 is 5.97 Å². The Bertz CT molecular complexity index is 253. The largest absolute Gasteiger partial charge is 1.00 e. The summed E-state index contributed by atoms with van der Waals surface area (Å²) >= 11 is 0. The van der Waals surface area contributed by atoms with Crippen molar-refractivity contribution in [2.45, 2.75) is 6.10 Å². The average Bonchev–Trinajstić information content (AvgIpc) is 2.05. The summed E-state index contributed by atoms with van der Waals surface area (Å²) in [5, 5.41) is 17.4. The van der Waals surface area contributed by atoms with Crippen molar-refractivity contribution in [2.75, 3.05) is 0 Å². The molecule has 1 atom stereocenters. The number of aliphatic carboxylic acids is 1. The average molecular weight is 176 g/mol. The van der Waals surface area contributed by atoms with Crippen LogP contribution in [0.4, 0.5) is 0 Å². The molecular weight excluding hydrogens is 167 g/mol. The summed E-state index contributed by atoms with van der Waals surface area (Å²) in [6.45, 7) is 0. The molecule has 1 unspecified atom stereocenters. The van der Waals surface area contributed by atoms with Crippen molar-refractivity contribution in [2.24, 2.45) is 0 Å². The fraction of sp³-hybridized carbons (Fsp3) is 0.125. The van der Waals surface area contributed by atoms with E-state index in [9.17, 15) is 4.79 Å². The van der Waals surface area contributed by atoms with Crippen LogP contribution in [0, 0.1) is 0 Å². The van der Waals surface area contributed by atoms with E-state index in [1.54, 1.807) is 30.3 Å². The van der Waals surface area contributed by atoms with Gasteiger partial charge in [-0.3, -0.25) is 0 Å². The van der Waals surface area contributed by atoms with Crippen LogP contribution in [0.1, 0.15) is 13.1 Å². The van der Waals surface area contributed by atoms with Crippen molar-refractivity contribution in [3.8, 4) is 0 Å². The Morgan fingerprint density at radius 1 is 1.33 bits per heavy atom. The van der Waals surface area contributed by atoms with Crippen LogP contribution >= 0.6 is 0 Å². The quantitative estimate of drug-likeness (QED) is 0.508. The molecule has 0 radical (unpaired) electrons. The van der Waals surface area contributed by atoms with E-state index in [4.69, 9.17) is 10.2 Å². The molecular formula is C8H9NaO3. The maximum atomic E-state index is 10.2. The number of carbonyl (C=O) groups is 1. The topological polar surface area (TPSA) is 57.5 Å². The van der Waals surface area contributed by atoms with Crippen molar-refractivity contribution in [3.63, 3.8) is 0 Å². The summed E-state index contributed by atoms with van der Waals surface area (Å²) in [7, 11) is 0. The van der Waals surface area contributed by atoms with Crippen LogP contribution in [0.15, 0.2) is 30.3 Å². The Morgan fingerprint density at radius 2 is 1.83 bits per heavy atom. The van der Waals surface area contributed by atoms with Crippen molar-refractivity contribution in [3.05, 3.63) is 35.9 Å². The van der Waals surface area contributed by atoms with Crippen LogP contribution in [0.5, 0.6) is 0 Å². The smallest absolute Gasteiger partial charge is 1.00 e. The summed E-state index contributed by atoms with van der Waals surface area (Å²) in [4.78, 5) is 10.2. The van der Waals surface area contributed by atoms with E-state index in [1.807, 2.05) is 0 Å². The van der Waals surface area contributed by atoms with Crippen LogP contribution in [-0.4, -0.2) is 16.2 Å². The molecule has 1 aromatic rings. The van der Waals surface area contributed by atoms with Gasteiger partial charge < -0.3 is 11.6 Å². The van der Waals surface area contributed by atoms with Gasteiger partial charge in [0.2, 0.25) is 0 Å². The summed E-state index contributed by atoms with van der Waals surface area (Å²) < 4.78 is 0. The van der Waals surface area contributed by atoms with Crippen LogP contribution in [0.3, 0.4) is 0 Å². The first-order chi connectivity index (χ1) is 5.22. The number of hydrogen-bond acceptors (Lipinski definition) is 2. The first kappa shape index (κ1) is 11.6. The standard InChI is InChI=1S/C8H8O3.Na.H/c9-7(8(10)11)6-4-2-1-3-5-6;;/h1-5,7,9H,(H,10,11);;/q;+1;-1. The molecule has 0 amide bonds. The zero-order valence-corrected chi connectivity index (χ0v) is 8.77. The zero-order valence-electron chi connectivity index (χ0n) is 7.77. The minimum atomic E-state index is -1.41. The van der Waals surface area contributed by atoms with Gasteiger partial charge in [-0.2, -0.15) is 0 Å². The van der Waals surface area contributed by atoms with E-state index in [0.717, 1.165) is 0 Å². The molecule has 0 aliphatic heterocycles. The maximum absolute atomic E-state index is 10.2. The van der Waals surface area contributed by atoms with E-state index >= 15 is 0 Å². The Kier molecular flexibility index (Phi) is 5.17. The van der Waals surface area contributed by atoms with Gasteiger partial charge in [-0.05, 0) is 5.56 Å². The molecule has 3 nitrogen and oxygen atoms in total. The molecule has 0 bridgehead atoms. The third-order valence-electron chi connectivity index (χ3n) is 1.35. The zero-order chi connectivity index (χ0) is 8.27. The molecule has 0 aromatic heterocycles. The third kappa shape index (κ3) is 2.95. The van der Waals surface area contributed by atoms with Crippen molar-refractivity contribution in [1.29, 1.82) is 0 Å². The Hall–Kier alpha value is -0.350. The number of carboxylic acids is 1. The van der Waals surface area contributed by atoms with Gasteiger partial charge in [-0.1, -0.05) is 30.3 Å². The van der Waals surface area contributed by atoms with Gasteiger partial charge in [0, 0.05) is 0 Å². The molecule has 2 N–H and O–H groups in total. The minimum absolute atomic E-state index is 0. The number of aliphatic hydroxyl groups is 1. The molecule has 60 valence electrons. The molecule has 0 fully saturated rings. The molecule has 0 saturated carbocycles. The second-order valence-corrected chi connectivity index (χ2v) is 2.15. The normalized spacial score (nSPS) is 11.4. The van der Waals surface area contributed by atoms with Crippen LogP contribution in [-0.2, 0) is 4.79 Å². The number of carboxylic acid groups (broad SMARTS) is 1. The number of hydrogen-bond donors (Lipinski definition) is 2. The minimum Gasteiger partial charge on any atom is -1.00 e. The fourth-order valence-electron chi connectivity index (χ4n) is 0.778. The molecule has 12 heavy (non-hydrogen) atoms. The fourth-order valence-corrected chi connectivity index (χ4v) is 0.778. The number of rotatable bonds is 2. The van der Waals surface area contributed by atoms with E-state index in [1.165, 1.54) is 0 Å². The molecule has 0 aliphatic rings. The van der Waals surface area contributed by atoms with Gasteiger partial charge >= 0.3 is 35.5 Å². The SMILES string of the molecule is O=C(O)C(O)c1ccccc1.[H-].[Na+]. The van der Waals surface area contributed by atoms with Crippen LogP contribution in [0.25, 0.3) is 0 Å². The Labute approximate surface area is 93.8 Å². The van der Waals surface area contributed by atoms with Gasteiger partial charge in [-0.15, -0.1) is 0 Å². The molecule has 0 spiro atoms. The molecule has 0 aliphatic carbocycles. The van der Waals surface area contributed by atoms with Crippen LogP contribution in [0.2, 0.25) is 0 Å². The predicted octanol–water partition coefficient (Wildman–Crippen LogP) is -2.08. The van der Waals surface area contributed by atoms with Crippen molar-refractivity contribution in [1.82, 2.24) is 0 Å². The summed E-state index contributed by atoms with van der Waals surface area (Å²) in [5.74, 6) is -1.23. The molecule has 0 heterocycles. The van der Waals surface area contributed by atoms with Gasteiger partial charge in [-0.25, -0.2) is 4.79 Å². The Balaban J connectivity index is 0. The number of aliphatic hydroxyl groups excluding tert-OH is 1. The van der Waals surface area contributed by atoms with Crippen molar-refractivity contribution < 1.29 is 46.0 Å². The van der Waals surface area contributed by atoms with E-state index in [-0.39, 0.29) is 31.0 Å². The van der Waals surface area contributed by atoms with E-state index in [2.05, 4.69) is 0 Å². The Morgan fingerprint density at radius 3 is 2.25 bits per heavy atom. The molecule has 0 saturated heterocycles. The van der Waals surface area contributed by atoms with Gasteiger partial charge in [0.1, 0.15) is 0 Å². The number of benzene rings is 1. The van der Waals surface area contributed by atoms with Crippen LogP contribution < -0.4 is 29.6 Å². The van der Waals surface area contributed by atoms with Gasteiger partial charge in [0.25, 0.3) is 0 Å². The first-order valence-corrected chi connectivity index (χ1v) is 3.17. The summed E-state index contributed by atoms with van der Waals surface area (Å²) in [5.41, 5.74) is 0.403. The molecule has 4 heteroatoms. The van der Waals surface area contributed by atoms with E-state index < -0.39 is 12.1 Å². The second-order valence-electron chi connectivity index (χ2n) is 2.15. The summed E-state index contributed by atoms with van der Waals surface area (Å²) in [6.07, 6.45) is -1.41. The third-order valence-corrected chi connectivity index (χ3v) is 1.35. The molecule has 1 rings (SSSR count). The summed E-state index contributed by atoms with van der Waals surface area (Å²) in [6, 6.07) is 8.26. The monoisotopic (exact) mass is 176 g/mol. The van der Waals surface area contributed by atoms with Gasteiger partial charge in [0.05, 0.1) is 0 Å². The van der Waals surface area contributed by atoms with E-state index in [0.29, 0.717) is 5.56 Å².